The molecule has 2 saturated carbocycles. The van der Waals surface area contributed by atoms with E-state index in [0.29, 0.717) is 16.9 Å². The second-order valence-corrected chi connectivity index (χ2v) is 7.00. The van der Waals surface area contributed by atoms with Crippen molar-refractivity contribution < 1.29 is 0 Å². The van der Waals surface area contributed by atoms with Gasteiger partial charge in [0.1, 0.15) is 0 Å². The Hall–Kier alpha value is -1.49. The van der Waals surface area contributed by atoms with Crippen molar-refractivity contribution in [2.45, 2.75) is 46.1 Å². The van der Waals surface area contributed by atoms with E-state index in [0.717, 1.165) is 17.2 Å². The first-order valence-electron chi connectivity index (χ1n) is 7.24. The lowest BCUT2D eigenvalue weighted by molar-refractivity contribution is 0.142. The van der Waals surface area contributed by atoms with Crippen molar-refractivity contribution in [3.63, 3.8) is 0 Å². The van der Waals surface area contributed by atoms with Crippen LogP contribution in [0.3, 0.4) is 0 Å². The Balaban J connectivity index is 1.84. The zero-order valence-electron chi connectivity index (χ0n) is 12.0. The SMILES string of the molecule is CC1(C)C2CCC1(C)C(Nc1cccc(C#N)c1)C2. The first-order valence-corrected chi connectivity index (χ1v) is 7.24. The third kappa shape index (κ3) is 1.68. The van der Waals surface area contributed by atoms with Crippen LogP contribution in [0, 0.1) is 28.1 Å². The lowest BCUT2D eigenvalue weighted by atomic mass is 9.69. The Morgan fingerprint density at radius 2 is 2.11 bits per heavy atom. The summed E-state index contributed by atoms with van der Waals surface area (Å²) in [7, 11) is 0. The van der Waals surface area contributed by atoms with Crippen LogP contribution in [0.4, 0.5) is 5.69 Å². The van der Waals surface area contributed by atoms with Crippen LogP contribution < -0.4 is 5.32 Å². The van der Waals surface area contributed by atoms with Gasteiger partial charge >= 0.3 is 0 Å². The van der Waals surface area contributed by atoms with Crippen LogP contribution in [0.1, 0.15) is 45.6 Å². The molecule has 2 nitrogen and oxygen atoms in total. The Morgan fingerprint density at radius 3 is 2.68 bits per heavy atom. The Labute approximate surface area is 115 Å². The van der Waals surface area contributed by atoms with E-state index in [1.165, 1.54) is 19.3 Å². The molecule has 3 rings (SSSR count). The van der Waals surface area contributed by atoms with Crippen LogP contribution in [0.25, 0.3) is 0 Å². The van der Waals surface area contributed by atoms with E-state index in [4.69, 9.17) is 5.26 Å². The summed E-state index contributed by atoms with van der Waals surface area (Å²) in [5.41, 5.74) is 2.63. The second kappa shape index (κ2) is 4.00. The van der Waals surface area contributed by atoms with Crippen molar-refractivity contribution in [2.24, 2.45) is 16.7 Å². The Kier molecular flexibility index (Phi) is 2.64. The second-order valence-electron chi connectivity index (χ2n) is 7.00. The highest BCUT2D eigenvalue weighted by atomic mass is 15.0. The molecule has 0 radical (unpaired) electrons. The summed E-state index contributed by atoms with van der Waals surface area (Å²) in [6.07, 6.45) is 3.96. The van der Waals surface area contributed by atoms with E-state index in [2.05, 4.69) is 38.2 Å². The average Bonchev–Trinajstić information content (AvgIpc) is 2.72. The van der Waals surface area contributed by atoms with E-state index >= 15 is 0 Å². The van der Waals surface area contributed by atoms with Gasteiger partial charge in [0.2, 0.25) is 0 Å². The van der Waals surface area contributed by atoms with Crippen LogP contribution in [0.2, 0.25) is 0 Å². The molecule has 2 heteroatoms. The maximum atomic E-state index is 8.98. The van der Waals surface area contributed by atoms with Crippen molar-refractivity contribution in [1.82, 2.24) is 0 Å². The van der Waals surface area contributed by atoms with Gasteiger partial charge in [-0.25, -0.2) is 0 Å². The van der Waals surface area contributed by atoms with Gasteiger partial charge in [-0.1, -0.05) is 26.8 Å². The lowest BCUT2D eigenvalue weighted by Gasteiger charge is -2.40. The fourth-order valence-electron chi connectivity index (χ4n) is 4.30. The molecule has 0 spiro atoms. The third-order valence-electron chi connectivity index (χ3n) is 6.13. The number of anilines is 1. The summed E-state index contributed by atoms with van der Waals surface area (Å²) in [4.78, 5) is 0. The van der Waals surface area contributed by atoms with Gasteiger partial charge in [0.05, 0.1) is 11.6 Å². The topological polar surface area (TPSA) is 35.8 Å². The fraction of sp³-hybridized carbons (Fsp3) is 0.588. The van der Waals surface area contributed by atoms with Crippen LogP contribution in [0.15, 0.2) is 24.3 Å². The molecular formula is C17H22N2. The molecule has 0 heterocycles. The molecule has 0 saturated heterocycles. The quantitative estimate of drug-likeness (QED) is 0.859. The predicted molar refractivity (Wildman–Crippen MR) is 77.8 cm³/mol. The Morgan fingerprint density at radius 1 is 1.32 bits per heavy atom. The molecule has 2 bridgehead atoms. The number of fused-ring (bicyclic) bond motifs is 2. The monoisotopic (exact) mass is 254 g/mol. The van der Waals surface area contributed by atoms with E-state index < -0.39 is 0 Å². The van der Waals surface area contributed by atoms with Crippen molar-refractivity contribution in [1.29, 1.82) is 5.26 Å². The van der Waals surface area contributed by atoms with Gasteiger partial charge in [-0.05, 0) is 54.2 Å². The van der Waals surface area contributed by atoms with Crippen molar-refractivity contribution >= 4 is 5.69 Å². The number of rotatable bonds is 2. The summed E-state index contributed by atoms with van der Waals surface area (Å²) in [5.74, 6) is 0.842. The highest BCUT2D eigenvalue weighted by molar-refractivity contribution is 5.50. The molecule has 2 aliphatic rings. The average molecular weight is 254 g/mol. The molecule has 1 aromatic rings. The summed E-state index contributed by atoms with van der Waals surface area (Å²) in [6.45, 7) is 7.29. The molecule has 19 heavy (non-hydrogen) atoms. The molecule has 1 aromatic carbocycles. The smallest absolute Gasteiger partial charge is 0.0992 e. The van der Waals surface area contributed by atoms with Gasteiger partial charge in [-0.2, -0.15) is 5.26 Å². The first-order chi connectivity index (χ1) is 8.97. The Bertz CT molecular complexity index is 540. The summed E-state index contributed by atoms with van der Waals surface area (Å²) in [6, 6.07) is 10.6. The van der Waals surface area contributed by atoms with Gasteiger partial charge in [-0.15, -0.1) is 0 Å². The molecule has 2 fully saturated rings. The molecule has 0 aromatic heterocycles. The van der Waals surface area contributed by atoms with E-state index in [1.54, 1.807) is 0 Å². The largest absolute Gasteiger partial charge is 0.382 e. The predicted octanol–water partition coefficient (Wildman–Crippen LogP) is 4.18. The van der Waals surface area contributed by atoms with Crippen LogP contribution in [0.5, 0.6) is 0 Å². The van der Waals surface area contributed by atoms with Crippen LogP contribution in [-0.2, 0) is 0 Å². The van der Waals surface area contributed by atoms with Crippen LogP contribution >= 0.6 is 0 Å². The first kappa shape index (κ1) is 12.5. The summed E-state index contributed by atoms with van der Waals surface area (Å²) >= 11 is 0. The molecule has 1 N–H and O–H groups in total. The van der Waals surface area contributed by atoms with Gasteiger partial charge in [0, 0.05) is 11.7 Å². The molecule has 0 aliphatic heterocycles. The van der Waals surface area contributed by atoms with Gasteiger partial charge in [-0.3, -0.25) is 0 Å². The minimum absolute atomic E-state index is 0.375. The maximum Gasteiger partial charge on any atom is 0.0992 e. The number of nitrogens with one attached hydrogen (secondary N) is 1. The molecule has 3 unspecified atom stereocenters. The number of hydrogen-bond acceptors (Lipinski definition) is 2. The standard InChI is InChI=1S/C17H22N2/c1-16(2)13-7-8-17(16,3)15(10-13)19-14-6-4-5-12(9-14)11-18/h4-6,9,13,15,19H,7-8,10H2,1-3H3. The maximum absolute atomic E-state index is 8.98. The van der Waals surface area contributed by atoms with Crippen LogP contribution in [-0.4, -0.2) is 6.04 Å². The fourth-order valence-corrected chi connectivity index (χ4v) is 4.30. The minimum Gasteiger partial charge on any atom is -0.382 e. The molecular weight excluding hydrogens is 232 g/mol. The van der Waals surface area contributed by atoms with Gasteiger partial charge in [0.25, 0.3) is 0 Å². The number of nitriles is 1. The zero-order valence-corrected chi connectivity index (χ0v) is 12.0. The highest BCUT2D eigenvalue weighted by Gasteiger charge is 2.61. The summed E-state index contributed by atoms with van der Waals surface area (Å²) in [5, 5.41) is 12.7. The third-order valence-corrected chi connectivity index (χ3v) is 6.13. The number of nitrogens with zero attached hydrogens (tertiary/aromatic N) is 1. The number of hydrogen-bond donors (Lipinski definition) is 1. The van der Waals surface area contributed by atoms with Crippen molar-refractivity contribution in [3.8, 4) is 6.07 Å². The van der Waals surface area contributed by atoms with E-state index in [1.807, 2.05) is 18.2 Å². The van der Waals surface area contributed by atoms with Gasteiger partial charge < -0.3 is 5.32 Å². The molecule has 2 aliphatic carbocycles. The van der Waals surface area contributed by atoms with Gasteiger partial charge in [0.15, 0.2) is 0 Å². The highest BCUT2D eigenvalue weighted by Crippen LogP contribution is 2.65. The summed E-state index contributed by atoms with van der Waals surface area (Å²) < 4.78 is 0. The zero-order chi connectivity index (χ0) is 13.7. The number of benzene rings is 1. The van der Waals surface area contributed by atoms with Crippen molar-refractivity contribution in [3.05, 3.63) is 29.8 Å². The van der Waals surface area contributed by atoms with E-state index in [-0.39, 0.29) is 0 Å². The molecule has 3 atom stereocenters. The normalized spacial score (nSPS) is 35.1. The molecule has 0 amide bonds. The molecule has 100 valence electrons. The van der Waals surface area contributed by atoms with Crippen molar-refractivity contribution in [2.75, 3.05) is 5.32 Å². The lowest BCUT2D eigenvalue weighted by Crippen LogP contribution is -2.40. The van der Waals surface area contributed by atoms with E-state index in [9.17, 15) is 0 Å². The minimum atomic E-state index is 0.375.